The van der Waals surface area contributed by atoms with Crippen molar-refractivity contribution in [1.82, 2.24) is 25.1 Å². The fourth-order valence-electron chi connectivity index (χ4n) is 5.77. The molecule has 5 aromatic rings. The van der Waals surface area contributed by atoms with Gasteiger partial charge >= 0.3 is 0 Å². The van der Waals surface area contributed by atoms with Gasteiger partial charge in [0.05, 0.1) is 11.0 Å². The maximum atomic E-state index is 4.85. The zero-order chi connectivity index (χ0) is 27.6. The maximum Gasteiger partial charge on any atom is 0.178 e. The normalized spacial score (nSPS) is 15.2. The smallest absolute Gasteiger partial charge is 0.178 e. The summed E-state index contributed by atoms with van der Waals surface area (Å²) in [6.07, 6.45) is 16.2. The van der Waals surface area contributed by atoms with Gasteiger partial charge in [0.2, 0.25) is 0 Å². The molecule has 1 aromatic carbocycles. The summed E-state index contributed by atoms with van der Waals surface area (Å²) < 4.78 is 0. The van der Waals surface area contributed by atoms with E-state index in [1.54, 1.807) is 11.3 Å². The second-order valence-electron chi connectivity index (χ2n) is 10.8. The zero-order valence-electron chi connectivity index (χ0n) is 23.3. The Morgan fingerprint density at radius 3 is 2.73 bits per heavy atom. The van der Waals surface area contributed by atoms with Crippen molar-refractivity contribution in [2.45, 2.75) is 52.4 Å². The number of fused-ring (bicyclic) bond motifs is 2. The van der Waals surface area contributed by atoms with E-state index >= 15 is 0 Å². The summed E-state index contributed by atoms with van der Waals surface area (Å²) in [5, 5.41) is 8.89. The lowest BCUT2D eigenvalue weighted by Gasteiger charge is -2.22. The summed E-state index contributed by atoms with van der Waals surface area (Å²) in [7, 11) is 0. The molecule has 0 atom stereocenters. The average molecular weight is 546 g/mol. The molecule has 2 N–H and O–H groups in total. The van der Waals surface area contributed by atoms with E-state index in [4.69, 9.17) is 4.98 Å². The Kier molecular flexibility index (Phi) is 7.35. The Hall–Kier alpha value is -4.03. The number of aromatic amines is 2. The van der Waals surface area contributed by atoms with Gasteiger partial charge in [-0.3, -0.25) is 5.10 Å². The Bertz CT molecular complexity index is 1770. The van der Waals surface area contributed by atoms with Gasteiger partial charge in [0.15, 0.2) is 11.5 Å². The SMILES string of the molecule is C=C/C(=C\C(=C/C)c1ccc2[nH]nc(-c3nc4nccc(-c5ccc(C(=C)C)s5)c4[nH]3)c2c1)CC1CCCCC1. The Morgan fingerprint density at radius 2 is 1.98 bits per heavy atom. The van der Waals surface area contributed by atoms with Crippen molar-refractivity contribution in [2.75, 3.05) is 0 Å². The minimum absolute atomic E-state index is 0.681. The summed E-state index contributed by atoms with van der Waals surface area (Å²) in [5.74, 6) is 1.48. The molecule has 40 heavy (non-hydrogen) atoms. The highest BCUT2D eigenvalue weighted by molar-refractivity contribution is 7.16. The van der Waals surface area contributed by atoms with E-state index in [1.165, 1.54) is 48.1 Å². The van der Waals surface area contributed by atoms with Crippen molar-refractivity contribution >= 4 is 44.5 Å². The predicted molar refractivity (Wildman–Crippen MR) is 170 cm³/mol. The molecule has 1 saturated carbocycles. The molecule has 1 aliphatic rings. The van der Waals surface area contributed by atoms with E-state index in [1.807, 2.05) is 25.3 Å². The highest BCUT2D eigenvalue weighted by Gasteiger charge is 2.18. The molecule has 4 aromatic heterocycles. The summed E-state index contributed by atoms with van der Waals surface area (Å²) in [4.78, 5) is 15.3. The molecule has 0 radical (unpaired) electrons. The molecule has 1 fully saturated rings. The van der Waals surface area contributed by atoms with Gasteiger partial charge in [0, 0.05) is 26.9 Å². The summed E-state index contributed by atoms with van der Waals surface area (Å²) in [5.41, 5.74) is 9.17. The third-order valence-corrected chi connectivity index (χ3v) is 9.25. The van der Waals surface area contributed by atoms with E-state index in [-0.39, 0.29) is 0 Å². The summed E-state index contributed by atoms with van der Waals surface area (Å²) in [6, 6.07) is 12.8. The first-order valence-electron chi connectivity index (χ1n) is 14.1. The van der Waals surface area contributed by atoms with Crippen molar-refractivity contribution in [3.63, 3.8) is 0 Å². The van der Waals surface area contributed by atoms with Crippen LogP contribution in [0.2, 0.25) is 0 Å². The van der Waals surface area contributed by atoms with E-state index < -0.39 is 0 Å². The number of H-pyrrole nitrogens is 2. The highest BCUT2D eigenvalue weighted by Crippen LogP contribution is 2.36. The predicted octanol–water partition coefficient (Wildman–Crippen LogP) is 9.75. The summed E-state index contributed by atoms with van der Waals surface area (Å²) in [6.45, 7) is 12.4. The number of allylic oxidation sites excluding steroid dienone is 6. The van der Waals surface area contributed by atoms with Crippen molar-refractivity contribution in [1.29, 1.82) is 0 Å². The van der Waals surface area contributed by atoms with Crippen LogP contribution in [-0.4, -0.2) is 25.1 Å². The molecular formula is C34H35N5S. The van der Waals surface area contributed by atoms with Crippen molar-refractivity contribution in [3.8, 4) is 22.0 Å². The van der Waals surface area contributed by atoms with Gasteiger partial charge in [-0.1, -0.05) is 69.6 Å². The number of benzene rings is 1. The van der Waals surface area contributed by atoms with Crippen molar-refractivity contribution < 1.29 is 0 Å². The quantitative estimate of drug-likeness (QED) is 0.191. The van der Waals surface area contributed by atoms with Crippen molar-refractivity contribution in [3.05, 3.63) is 90.0 Å². The van der Waals surface area contributed by atoms with Gasteiger partial charge in [-0.05, 0) is 78.8 Å². The van der Waals surface area contributed by atoms with E-state index in [0.29, 0.717) is 11.5 Å². The topological polar surface area (TPSA) is 70.2 Å². The number of nitrogens with one attached hydrogen (secondary N) is 2. The van der Waals surface area contributed by atoms with Crippen LogP contribution in [0.5, 0.6) is 0 Å². The molecule has 0 saturated heterocycles. The Balaban J connectivity index is 1.36. The fraction of sp³-hybridized carbons (Fsp3) is 0.265. The first-order chi connectivity index (χ1) is 19.5. The van der Waals surface area contributed by atoms with Gasteiger partial charge in [-0.15, -0.1) is 11.3 Å². The molecule has 6 heteroatoms. The first-order valence-corrected chi connectivity index (χ1v) is 14.9. The molecule has 0 spiro atoms. The zero-order valence-corrected chi connectivity index (χ0v) is 24.1. The first kappa shape index (κ1) is 26.2. The van der Waals surface area contributed by atoms with Crippen molar-refractivity contribution in [2.24, 2.45) is 5.92 Å². The highest BCUT2D eigenvalue weighted by atomic mass is 32.1. The van der Waals surface area contributed by atoms with Gasteiger partial charge < -0.3 is 4.98 Å². The molecular weight excluding hydrogens is 510 g/mol. The third-order valence-electron chi connectivity index (χ3n) is 7.97. The summed E-state index contributed by atoms with van der Waals surface area (Å²) >= 11 is 1.73. The molecule has 0 aliphatic heterocycles. The van der Waals surface area contributed by atoms with Gasteiger partial charge in [-0.2, -0.15) is 5.10 Å². The van der Waals surface area contributed by atoms with Crippen LogP contribution in [-0.2, 0) is 0 Å². The lowest BCUT2D eigenvalue weighted by Crippen LogP contribution is -2.06. The number of hydrogen-bond donors (Lipinski definition) is 2. The average Bonchev–Trinajstić information content (AvgIpc) is 3.73. The molecule has 1 aliphatic carbocycles. The lowest BCUT2D eigenvalue weighted by molar-refractivity contribution is 0.358. The monoisotopic (exact) mass is 545 g/mol. The number of hydrogen-bond acceptors (Lipinski definition) is 4. The molecule has 6 rings (SSSR count). The van der Waals surface area contributed by atoms with Crippen LogP contribution in [0, 0.1) is 5.92 Å². The largest absolute Gasteiger partial charge is 0.335 e. The molecule has 4 heterocycles. The lowest BCUT2D eigenvalue weighted by atomic mass is 9.84. The van der Waals surface area contributed by atoms with Gasteiger partial charge in [-0.25, -0.2) is 9.97 Å². The van der Waals surface area contributed by atoms with Crippen LogP contribution >= 0.6 is 11.3 Å². The molecule has 202 valence electrons. The molecule has 0 bridgehead atoms. The Morgan fingerprint density at radius 1 is 1.12 bits per heavy atom. The number of nitrogens with zero attached hydrogens (tertiary/aromatic N) is 3. The standard InChI is InChI=1S/C34H35N5S/c1-5-22(18-23-10-8-7-9-11-23)19-24(6-2)25-12-13-28-27(20-25)32(39-38-28)34-36-31-26(16-17-35-33(31)37-34)30-15-14-29(40-30)21(3)4/h5-6,12-17,19-20,23H,1,3,7-11,18H2,2,4H3,(H,38,39)(H,35,36,37)/b22-19+,24-6+. The van der Waals surface area contributed by atoms with Crippen LogP contribution < -0.4 is 0 Å². The molecule has 0 unspecified atom stereocenters. The number of aromatic nitrogens is 5. The fourth-order valence-corrected chi connectivity index (χ4v) is 6.74. The second kappa shape index (κ2) is 11.2. The van der Waals surface area contributed by atoms with Crippen LogP contribution in [0.3, 0.4) is 0 Å². The maximum absolute atomic E-state index is 4.85. The van der Waals surface area contributed by atoms with E-state index in [0.717, 1.165) is 56.0 Å². The number of thiophene rings is 1. The minimum atomic E-state index is 0.681. The van der Waals surface area contributed by atoms with Gasteiger partial charge in [0.1, 0.15) is 5.69 Å². The Labute approximate surface area is 239 Å². The van der Waals surface area contributed by atoms with E-state index in [9.17, 15) is 0 Å². The van der Waals surface area contributed by atoms with Gasteiger partial charge in [0.25, 0.3) is 0 Å². The van der Waals surface area contributed by atoms with Crippen LogP contribution in [0.25, 0.3) is 55.2 Å². The van der Waals surface area contributed by atoms with Crippen LogP contribution in [0.1, 0.15) is 62.8 Å². The second-order valence-corrected chi connectivity index (χ2v) is 11.9. The molecule has 0 amide bonds. The number of imidazole rings is 1. The van der Waals surface area contributed by atoms with E-state index in [2.05, 4.69) is 82.7 Å². The van der Waals surface area contributed by atoms with Crippen LogP contribution in [0.4, 0.5) is 0 Å². The number of pyridine rings is 1. The molecule has 5 nitrogen and oxygen atoms in total. The third kappa shape index (κ3) is 5.11. The van der Waals surface area contributed by atoms with Crippen LogP contribution in [0.15, 0.2) is 79.6 Å². The minimum Gasteiger partial charge on any atom is -0.335 e. The number of rotatable bonds is 8.